The third-order valence-corrected chi connectivity index (χ3v) is 6.72. The van der Waals surface area contributed by atoms with E-state index in [1.165, 1.54) is 4.90 Å². The van der Waals surface area contributed by atoms with E-state index < -0.39 is 28.5 Å². The largest absolute Gasteiger partial charge is 0.492 e. The molecular formula is C25H34ClN3O5S. The highest BCUT2D eigenvalue weighted by atomic mass is 35.5. The number of carbonyl (C=O) groups is 2. The summed E-state index contributed by atoms with van der Waals surface area (Å²) in [6.07, 6.45) is 1.37. The molecule has 0 radical (unpaired) electrons. The van der Waals surface area contributed by atoms with E-state index in [2.05, 4.69) is 5.32 Å². The second-order valence-corrected chi connectivity index (χ2v) is 10.7. The number of anilines is 1. The molecule has 2 aromatic carbocycles. The van der Waals surface area contributed by atoms with Gasteiger partial charge >= 0.3 is 0 Å². The van der Waals surface area contributed by atoms with Crippen LogP contribution in [0.1, 0.15) is 39.7 Å². The van der Waals surface area contributed by atoms with Crippen LogP contribution in [0.2, 0.25) is 5.02 Å². The number of rotatable bonds is 12. The first kappa shape index (κ1) is 28.5. The van der Waals surface area contributed by atoms with Crippen LogP contribution in [-0.4, -0.2) is 56.6 Å². The monoisotopic (exact) mass is 523 g/mol. The molecule has 192 valence electrons. The van der Waals surface area contributed by atoms with E-state index in [0.717, 1.165) is 10.6 Å². The van der Waals surface area contributed by atoms with Crippen molar-refractivity contribution in [1.29, 1.82) is 0 Å². The maximum atomic E-state index is 13.7. The number of para-hydroxylation sites is 2. The molecule has 0 fully saturated rings. The molecule has 0 spiro atoms. The summed E-state index contributed by atoms with van der Waals surface area (Å²) in [7, 11) is -3.86. The number of hydrogen-bond acceptors (Lipinski definition) is 5. The lowest BCUT2D eigenvalue weighted by atomic mass is 10.1. The first-order chi connectivity index (χ1) is 16.5. The van der Waals surface area contributed by atoms with E-state index >= 15 is 0 Å². The van der Waals surface area contributed by atoms with Crippen LogP contribution in [0.4, 0.5) is 5.69 Å². The first-order valence-corrected chi connectivity index (χ1v) is 13.7. The summed E-state index contributed by atoms with van der Waals surface area (Å²) < 4.78 is 32.2. The van der Waals surface area contributed by atoms with Crippen LogP contribution in [0.3, 0.4) is 0 Å². The molecule has 0 aliphatic heterocycles. The Labute approximate surface area is 213 Å². The van der Waals surface area contributed by atoms with Gasteiger partial charge in [-0.25, -0.2) is 8.42 Å². The van der Waals surface area contributed by atoms with Gasteiger partial charge in [-0.3, -0.25) is 13.9 Å². The Morgan fingerprint density at radius 2 is 1.69 bits per heavy atom. The van der Waals surface area contributed by atoms with Crippen molar-refractivity contribution in [2.24, 2.45) is 0 Å². The van der Waals surface area contributed by atoms with Crippen LogP contribution in [-0.2, 0) is 26.2 Å². The lowest BCUT2D eigenvalue weighted by molar-refractivity contribution is -0.140. The number of halogens is 1. The fourth-order valence-electron chi connectivity index (χ4n) is 3.65. The molecule has 0 heterocycles. The van der Waals surface area contributed by atoms with Crippen molar-refractivity contribution in [3.63, 3.8) is 0 Å². The number of ether oxygens (including phenoxy) is 1. The van der Waals surface area contributed by atoms with Gasteiger partial charge in [-0.15, -0.1) is 0 Å². The summed E-state index contributed by atoms with van der Waals surface area (Å²) in [5.41, 5.74) is 0.904. The third kappa shape index (κ3) is 7.86. The number of benzene rings is 2. The summed E-state index contributed by atoms with van der Waals surface area (Å²) >= 11 is 6.35. The summed E-state index contributed by atoms with van der Waals surface area (Å²) in [4.78, 5) is 28.1. The highest BCUT2D eigenvalue weighted by molar-refractivity contribution is 7.92. The van der Waals surface area contributed by atoms with Crippen LogP contribution < -0.4 is 14.4 Å². The standard InChI is InChI=1S/C25H34ClN3O5S/c1-6-21(25(31)27-18(3)4)28(16-19-12-8-9-13-20(19)26)24(30)17-29(35(5,32)33)22-14-10-11-15-23(22)34-7-2/h8-15,18,21H,6-7,16-17H2,1-5H3,(H,27,31)/t21-/m0/s1. The van der Waals surface area contributed by atoms with Gasteiger partial charge in [-0.2, -0.15) is 0 Å². The molecule has 0 saturated carbocycles. The fourth-order valence-corrected chi connectivity index (χ4v) is 4.69. The van der Waals surface area contributed by atoms with Crippen LogP contribution in [0.25, 0.3) is 0 Å². The summed E-state index contributed by atoms with van der Waals surface area (Å²) in [6, 6.07) is 12.7. The van der Waals surface area contributed by atoms with Gasteiger partial charge in [0.1, 0.15) is 18.3 Å². The Morgan fingerprint density at radius 1 is 1.06 bits per heavy atom. The molecule has 0 aromatic heterocycles. The molecule has 2 rings (SSSR count). The van der Waals surface area contributed by atoms with Crippen LogP contribution in [0.15, 0.2) is 48.5 Å². The average molecular weight is 524 g/mol. The Balaban J connectivity index is 2.50. The number of amides is 2. The van der Waals surface area contributed by atoms with E-state index in [1.807, 2.05) is 13.8 Å². The van der Waals surface area contributed by atoms with Gasteiger partial charge in [-0.05, 0) is 51.0 Å². The molecule has 8 nitrogen and oxygen atoms in total. The van der Waals surface area contributed by atoms with Gasteiger partial charge in [0, 0.05) is 17.6 Å². The van der Waals surface area contributed by atoms with Gasteiger partial charge in [0.15, 0.2) is 0 Å². The minimum Gasteiger partial charge on any atom is -0.492 e. The Hall–Kier alpha value is -2.78. The smallest absolute Gasteiger partial charge is 0.244 e. The van der Waals surface area contributed by atoms with Crippen molar-refractivity contribution in [2.75, 3.05) is 23.7 Å². The van der Waals surface area contributed by atoms with Gasteiger partial charge in [0.25, 0.3) is 0 Å². The van der Waals surface area contributed by atoms with Crippen LogP contribution in [0.5, 0.6) is 5.75 Å². The Morgan fingerprint density at radius 3 is 2.26 bits per heavy atom. The van der Waals surface area contributed by atoms with E-state index in [4.69, 9.17) is 16.3 Å². The van der Waals surface area contributed by atoms with E-state index in [0.29, 0.717) is 29.4 Å². The second-order valence-electron chi connectivity index (χ2n) is 8.37. The lowest BCUT2D eigenvalue weighted by Gasteiger charge is -2.33. The molecule has 0 aliphatic rings. The second kappa shape index (κ2) is 12.8. The normalized spacial score (nSPS) is 12.2. The quantitative estimate of drug-likeness (QED) is 0.456. The van der Waals surface area contributed by atoms with Gasteiger partial charge < -0.3 is 15.0 Å². The average Bonchev–Trinajstić information content (AvgIpc) is 2.78. The Kier molecular flexibility index (Phi) is 10.4. The van der Waals surface area contributed by atoms with E-state index in [1.54, 1.807) is 62.4 Å². The van der Waals surface area contributed by atoms with Gasteiger partial charge in [0.05, 0.1) is 18.6 Å². The van der Waals surface area contributed by atoms with Crippen molar-refractivity contribution in [3.05, 3.63) is 59.1 Å². The molecule has 0 unspecified atom stereocenters. The van der Waals surface area contributed by atoms with Crippen molar-refractivity contribution >= 4 is 39.1 Å². The van der Waals surface area contributed by atoms with Gasteiger partial charge in [-0.1, -0.05) is 48.9 Å². The summed E-state index contributed by atoms with van der Waals surface area (Å²) in [5.74, 6) is -0.508. The number of sulfonamides is 1. The Bertz CT molecular complexity index is 1120. The zero-order valence-corrected chi connectivity index (χ0v) is 22.4. The number of nitrogens with one attached hydrogen (secondary N) is 1. The molecular weight excluding hydrogens is 490 g/mol. The minimum atomic E-state index is -3.86. The van der Waals surface area contributed by atoms with Crippen molar-refractivity contribution < 1.29 is 22.7 Å². The van der Waals surface area contributed by atoms with Gasteiger partial charge in [0.2, 0.25) is 21.8 Å². The molecule has 0 aliphatic carbocycles. The van der Waals surface area contributed by atoms with Crippen molar-refractivity contribution in [2.45, 2.75) is 52.7 Å². The first-order valence-electron chi connectivity index (χ1n) is 11.5. The minimum absolute atomic E-state index is 0.0488. The third-order valence-electron chi connectivity index (χ3n) is 5.23. The predicted molar refractivity (Wildman–Crippen MR) is 139 cm³/mol. The maximum absolute atomic E-state index is 13.7. The van der Waals surface area contributed by atoms with E-state index in [-0.39, 0.29) is 24.2 Å². The topological polar surface area (TPSA) is 96.0 Å². The molecule has 2 amide bonds. The lowest BCUT2D eigenvalue weighted by Crippen LogP contribution is -2.53. The summed E-state index contributed by atoms with van der Waals surface area (Å²) in [6.45, 7) is 7.13. The maximum Gasteiger partial charge on any atom is 0.244 e. The van der Waals surface area contributed by atoms with Crippen LogP contribution in [0, 0.1) is 0 Å². The predicted octanol–water partition coefficient (Wildman–Crippen LogP) is 3.84. The molecule has 10 heteroatoms. The molecule has 35 heavy (non-hydrogen) atoms. The van der Waals surface area contributed by atoms with Crippen LogP contribution >= 0.6 is 11.6 Å². The fraction of sp³-hybridized carbons (Fsp3) is 0.440. The zero-order chi connectivity index (χ0) is 26.2. The molecule has 1 N–H and O–H groups in total. The molecule has 0 bridgehead atoms. The highest BCUT2D eigenvalue weighted by Gasteiger charge is 2.33. The van der Waals surface area contributed by atoms with E-state index in [9.17, 15) is 18.0 Å². The molecule has 0 saturated heterocycles. The number of nitrogens with zero attached hydrogens (tertiary/aromatic N) is 2. The summed E-state index contributed by atoms with van der Waals surface area (Å²) in [5, 5.41) is 3.30. The SMILES string of the molecule is CCOc1ccccc1N(CC(=O)N(Cc1ccccc1Cl)[C@@H](CC)C(=O)NC(C)C)S(C)(=O)=O. The van der Waals surface area contributed by atoms with Crippen molar-refractivity contribution in [3.8, 4) is 5.75 Å². The highest BCUT2D eigenvalue weighted by Crippen LogP contribution is 2.30. The number of hydrogen-bond donors (Lipinski definition) is 1. The van der Waals surface area contributed by atoms with Crippen molar-refractivity contribution in [1.82, 2.24) is 10.2 Å². The zero-order valence-electron chi connectivity index (χ0n) is 20.8. The molecule has 1 atom stereocenters. The number of carbonyl (C=O) groups excluding carboxylic acids is 2. The molecule has 2 aromatic rings.